The van der Waals surface area contributed by atoms with Gasteiger partial charge in [0.1, 0.15) is 16.9 Å². The summed E-state index contributed by atoms with van der Waals surface area (Å²) in [7, 11) is 0. The highest BCUT2D eigenvalue weighted by molar-refractivity contribution is 7.13. The van der Waals surface area contributed by atoms with Gasteiger partial charge in [-0.15, -0.1) is 11.3 Å². The molecule has 0 aliphatic rings. The first-order valence-corrected chi connectivity index (χ1v) is 12.1. The Kier molecular flexibility index (Phi) is 5.27. The van der Waals surface area contributed by atoms with Gasteiger partial charge in [0, 0.05) is 29.8 Å². The standard InChI is InChI=1S/C25H20N8OS/c1-2-4-21(34)29-15-9-14(11-26-12-15)18-10-16-19(13-28-18)32-33-22(16)25-30-17-6-7-27-24(23(17)31-25)20-5-3-8-35-20/h3,5-13H,2,4H2,1H3,(H,29,34)(H,30,31)(H,32,33). The lowest BCUT2D eigenvalue weighted by Crippen LogP contribution is -2.10. The number of anilines is 1. The van der Waals surface area contributed by atoms with Crippen molar-refractivity contribution in [2.75, 3.05) is 5.32 Å². The van der Waals surface area contributed by atoms with E-state index in [0.29, 0.717) is 23.6 Å². The number of amides is 1. The Bertz CT molecular complexity index is 1670. The number of nitrogens with one attached hydrogen (secondary N) is 3. The molecule has 172 valence electrons. The van der Waals surface area contributed by atoms with Gasteiger partial charge >= 0.3 is 0 Å². The molecule has 0 bridgehead atoms. The maximum atomic E-state index is 12.0. The molecule has 6 rings (SSSR count). The summed E-state index contributed by atoms with van der Waals surface area (Å²) in [6.45, 7) is 1.97. The van der Waals surface area contributed by atoms with E-state index in [-0.39, 0.29) is 5.91 Å². The average Bonchev–Trinajstić information content (AvgIpc) is 3.63. The summed E-state index contributed by atoms with van der Waals surface area (Å²) in [6.07, 6.45) is 8.13. The summed E-state index contributed by atoms with van der Waals surface area (Å²) in [4.78, 5) is 34.7. The van der Waals surface area contributed by atoms with Crippen molar-refractivity contribution in [3.05, 3.63) is 60.5 Å². The number of thiophene rings is 1. The molecule has 0 radical (unpaired) electrons. The molecule has 9 nitrogen and oxygen atoms in total. The molecule has 0 aliphatic heterocycles. The Morgan fingerprint density at radius 1 is 1.09 bits per heavy atom. The van der Waals surface area contributed by atoms with E-state index in [9.17, 15) is 4.79 Å². The van der Waals surface area contributed by atoms with Gasteiger partial charge in [-0.05, 0) is 36.1 Å². The molecular formula is C25H20N8OS. The van der Waals surface area contributed by atoms with Crippen LogP contribution in [0.25, 0.3) is 55.3 Å². The van der Waals surface area contributed by atoms with Crippen LogP contribution in [0.5, 0.6) is 0 Å². The molecule has 0 fully saturated rings. The van der Waals surface area contributed by atoms with E-state index in [2.05, 4.69) is 35.5 Å². The summed E-state index contributed by atoms with van der Waals surface area (Å²) < 4.78 is 0. The van der Waals surface area contributed by atoms with Gasteiger partial charge in [-0.25, -0.2) is 4.98 Å². The minimum absolute atomic E-state index is 0.0340. The Balaban J connectivity index is 1.40. The maximum absolute atomic E-state index is 12.0. The first-order valence-electron chi connectivity index (χ1n) is 11.2. The summed E-state index contributed by atoms with van der Waals surface area (Å²) in [6, 6.07) is 9.77. The summed E-state index contributed by atoms with van der Waals surface area (Å²) >= 11 is 1.63. The van der Waals surface area contributed by atoms with Crippen molar-refractivity contribution < 1.29 is 4.79 Å². The van der Waals surface area contributed by atoms with E-state index in [4.69, 9.17) is 4.98 Å². The van der Waals surface area contributed by atoms with Crippen molar-refractivity contribution in [3.63, 3.8) is 0 Å². The number of carbonyl (C=O) groups is 1. The van der Waals surface area contributed by atoms with Crippen LogP contribution in [0.3, 0.4) is 0 Å². The molecule has 0 saturated heterocycles. The highest BCUT2D eigenvalue weighted by atomic mass is 32.1. The second-order valence-corrected chi connectivity index (χ2v) is 9.01. The molecule has 0 spiro atoms. The normalized spacial score (nSPS) is 11.3. The van der Waals surface area contributed by atoms with E-state index >= 15 is 0 Å². The minimum Gasteiger partial charge on any atom is -0.336 e. The third-order valence-corrected chi connectivity index (χ3v) is 6.50. The number of H-pyrrole nitrogens is 2. The van der Waals surface area contributed by atoms with Crippen molar-refractivity contribution in [2.45, 2.75) is 19.8 Å². The van der Waals surface area contributed by atoms with Crippen LogP contribution in [0, 0.1) is 0 Å². The van der Waals surface area contributed by atoms with Crippen LogP contribution in [0.1, 0.15) is 19.8 Å². The summed E-state index contributed by atoms with van der Waals surface area (Å²) in [5.41, 5.74) is 6.17. The van der Waals surface area contributed by atoms with Crippen LogP contribution < -0.4 is 5.32 Å². The molecule has 3 N–H and O–H groups in total. The number of pyridine rings is 3. The third kappa shape index (κ3) is 3.93. The van der Waals surface area contributed by atoms with Crippen molar-refractivity contribution in [1.82, 2.24) is 35.1 Å². The number of hydrogen-bond donors (Lipinski definition) is 3. The molecule has 0 aromatic carbocycles. The lowest BCUT2D eigenvalue weighted by Gasteiger charge is -2.06. The van der Waals surface area contributed by atoms with Gasteiger partial charge in [0.25, 0.3) is 0 Å². The molecule has 6 heterocycles. The SMILES string of the molecule is CCCC(=O)Nc1cncc(-c2cc3c(-c4nc5c(-c6cccs6)nccc5[nH]4)n[nH]c3cn2)c1. The van der Waals surface area contributed by atoms with Gasteiger partial charge < -0.3 is 10.3 Å². The predicted octanol–water partition coefficient (Wildman–Crippen LogP) is 5.43. The molecule has 0 aliphatic carbocycles. The lowest BCUT2D eigenvalue weighted by atomic mass is 10.1. The molecular weight excluding hydrogens is 460 g/mol. The first-order chi connectivity index (χ1) is 17.2. The minimum atomic E-state index is -0.0340. The zero-order valence-electron chi connectivity index (χ0n) is 18.7. The monoisotopic (exact) mass is 480 g/mol. The van der Waals surface area contributed by atoms with E-state index in [1.807, 2.05) is 42.6 Å². The van der Waals surface area contributed by atoms with Crippen LogP contribution in [0.15, 0.2) is 60.5 Å². The third-order valence-electron chi connectivity index (χ3n) is 5.62. The summed E-state index contributed by atoms with van der Waals surface area (Å²) in [5.74, 6) is 0.612. The number of fused-ring (bicyclic) bond motifs is 2. The van der Waals surface area contributed by atoms with Gasteiger partial charge in [0.05, 0.1) is 39.7 Å². The van der Waals surface area contributed by atoms with Gasteiger partial charge in [-0.1, -0.05) is 13.0 Å². The molecule has 0 unspecified atom stereocenters. The maximum Gasteiger partial charge on any atom is 0.224 e. The van der Waals surface area contributed by atoms with Crippen molar-refractivity contribution in [2.24, 2.45) is 0 Å². The number of imidazole rings is 1. The predicted molar refractivity (Wildman–Crippen MR) is 137 cm³/mol. The van der Waals surface area contributed by atoms with Gasteiger partial charge in [-0.2, -0.15) is 5.10 Å². The zero-order chi connectivity index (χ0) is 23.8. The highest BCUT2D eigenvalue weighted by Crippen LogP contribution is 2.33. The smallest absolute Gasteiger partial charge is 0.224 e. The van der Waals surface area contributed by atoms with Gasteiger partial charge in [0.15, 0.2) is 5.82 Å². The van der Waals surface area contributed by atoms with Gasteiger partial charge in [-0.3, -0.25) is 24.8 Å². The molecule has 1 amide bonds. The largest absolute Gasteiger partial charge is 0.336 e. The number of nitrogens with zero attached hydrogens (tertiary/aromatic N) is 5. The Hall–Kier alpha value is -4.44. The first kappa shape index (κ1) is 21.1. The quantitative estimate of drug-likeness (QED) is 0.292. The molecule has 35 heavy (non-hydrogen) atoms. The zero-order valence-corrected chi connectivity index (χ0v) is 19.6. The molecule has 10 heteroatoms. The van der Waals surface area contributed by atoms with E-state index in [1.165, 1.54) is 0 Å². The van der Waals surface area contributed by atoms with Gasteiger partial charge in [0.2, 0.25) is 5.91 Å². The van der Waals surface area contributed by atoms with Crippen LogP contribution in [0.2, 0.25) is 0 Å². The molecule has 0 saturated carbocycles. The Morgan fingerprint density at radius 2 is 2.03 bits per heavy atom. The van der Waals surface area contributed by atoms with Crippen LogP contribution >= 0.6 is 11.3 Å². The second kappa shape index (κ2) is 8.73. The fourth-order valence-corrected chi connectivity index (χ4v) is 4.72. The Morgan fingerprint density at radius 3 is 2.89 bits per heavy atom. The molecule has 6 aromatic rings. The van der Waals surface area contributed by atoms with Crippen molar-refractivity contribution >= 4 is 44.9 Å². The fourth-order valence-electron chi connectivity index (χ4n) is 4.00. The van der Waals surface area contributed by atoms with Crippen LogP contribution in [-0.2, 0) is 4.79 Å². The topological polar surface area (TPSA) is 125 Å². The number of aromatic amines is 2. The number of rotatable bonds is 6. The molecule has 6 aromatic heterocycles. The van der Waals surface area contributed by atoms with Crippen molar-refractivity contribution in [3.8, 4) is 33.3 Å². The number of carbonyl (C=O) groups excluding carboxylic acids is 1. The Labute approximate surface area is 203 Å². The summed E-state index contributed by atoms with van der Waals surface area (Å²) in [5, 5.41) is 13.3. The van der Waals surface area contributed by atoms with Crippen LogP contribution in [0.4, 0.5) is 5.69 Å². The number of aromatic nitrogens is 7. The second-order valence-electron chi connectivity index (χ2n) is 8.07. The van der Waals surface area contributed by atoms with Crippen LogP contribution in [-0.4, -0.2) is 41.0 Å². The van der Waals surface area contributed by atoms with E-state index < -0.39 is 0 Å². The molecule has 0 atom stereocenters. The average molecular weight is 481 g/mol. The van der Waals surface area contributed by atoms with E-state index in [1.54, 1.807) is 36.1 Å². The van der Waals surface area contributed by atoms with E-state index in [0.717, 1.165) is 50.2 Å². The highest BCUT2D eigenvalue weighted by Gasteiger charge is 2.17. The fraction of sp³-hybridized carbons (Fsp3) is 0.120. The van der Waals surface area contributed by atoms with Crippen molar-refractivity contribution in [1.29, 1.82) is 0 Å². The lowest BCUT2D eigenvalue weighted by molar-refractivity contribution is -0.116. The number of hydrogen-bond acceptors (Lipinski definition) is 7.